The molecule has 9 nitrogen and oxygen atoms in total. The molecule has 3 rings (SSSR count). The fourth-order valence-electron chi connectivity index (χ4n) is 3.24. The zero-order valence-electron chi connectivity index (χ0n) is 18.7. The van der Waals surface area contributed by atoms with Crippen LogP contribution >= 0.6 is 0 Å². The van der Waals surface area contributed by atoms with Crippen LogP contribution in [-0.4, -0.2) is 47.9 Å². The van der Waals surface area contributed by atoms with E-state index in [1.807, 2.05) is 0 Å². The molecule has 2 heterocycles. The first-order valence-corrected chi connectivity index (χ1v) is 11.2. The minimum absolute atomic E-state index is 0.0327. The van der Waals surface area contributed by atoms with Gasteiger partial charge in [0.15, 0.2) is 18.1 Å². The Hall–Kier alpha value is -3.22. The molecule has 0 aliphatic carbocycles. The summed E-state index contributed by atoms with van der Waals surface area (Å²) in [5, 5.41) is 8.28. The molecule has 0 N–H and O–H groups in total. The summed E-state index contributed by atoms with van der Waals surface area (Å²) in [7, 11) is 0.546. The zero-order valence-corrected chi connectivity index (χ0v) is 19.5. The second-order valence-electron chi connectivity index (χ2n) is 7.39. The predicted octanol–water partition coefficient (Wildman–Crippen LogP) is 3.12. The van der Waals surface area contributed by atoms with E-state index < -0.39 is 22.8 Å². The third-order valence-corrected chi connectivity index (χ3v) is 6.82. The Kier molecular flexibility index (Phi) is 6.63. The van der Waals surface area contributed by atoms with E-state index >= 15 is 0 Å². The van der Waals surface area contributed by atoms with Crippen molar-refractivity contribution in [2.24, 2.45) is 14.1 Å². The van der Waals surface area contributed by atoms with Gasteiger partial charge in [0.1, 0.15) is 4.90 Å². The Morgan fingerprint density at radius 1 is 1.15 bits per heavy atom. The lowest BCUT2D eigenvalue weighted by atomic mass is 10.2. The summed E-state index contributed by atoms with van der Waals surface area (Å²) in [5.74, 6) is -0.0526. The molecule has 0 aliphatic heterocycles. The van der Waals surface area contributed by atoms with Gasteiger partial charge in [0.05, 0.1) is 36.9 Å². The molecule has 0 amide bonds. The number of sulfonamides is 1. The number of nitrogens with zero attached hydrogens (tertiary/aromatic N) is 5. The summed E-state index contributed by atoms with van der Waals surface area (Å²) in [6, 6.07) is 4.24. The molecule has 0 aliphatic rings. The Bertz CT molecular complexity index is 1250. The van der Waals surface area contributed by atoms with Gasteiger partial charge in [-0.05, 0) is 31.5 Å². The van der Waals surface area contributed by atoms with Crippen molar-refractivity contribution < 1.29 is 31.1 Å². The van der Waals surface area contributed by atoms with Crippen molar-refractivity contribution in [3.63, 3.8) is 0 Å². The zero-order chi connectivity index (χ0) is 24.6. The van der Waals surface area contributed by atoms with Crippen LogP contribution in [0.5, 0.6) is 11.5 Å². The fraction of sp³-hybridized carbons (Fsp3) is 0.400. The first-order valence-electron chi connectivity index (χ1n) is 9.71. The third kappa shape index (κ3) is 5.24. The maximum absolute atomic E-state index is 13.6. The summed E-state index contributed by atoms with van der Waals surface area (Å²) >= 11 is 0. The lowest BCUT2D eigenvalue weighted by molar-refractivity contribution is -0.153. The maximum Gasteiger partial charge on any atom is 0.422 e. The average Bonchev–Trinajstić information content (AvgIpc) is 3.24. The van der Waals surface area contributed by atoms with E-state index in [0.717, 1.165) is 0 Å². The maximum atomic E-state index is 13.6. The van der Waals surface area contributed by atoms with E-state index in [1.54, 1.807) is 34.1 Å². The highest BCUT2D eigenvalue weighted by Gasteiger charge is 2.32. The summed E-state index contributed by atoms with van der Waals surface area (Å²) in [6.45, 7) is 1.73. The molecular weight excluding hydrogens is 463 g/mol. The molecule has 33 heavy (non-hydrogen) atoms. The largest absolute Gasteiger partial charge is 0.493 e. The van der Waals surface area contributed by atoms with Crippen molar-refractivity contribution >= 4 is 15.7 Å². The second-order valence-corrected chi connectivity index (χ2v) is 9.22. The van der Waals surface area contributed by atoms with Crippen LogP contribution in [0.4, 0.5) is 18.9 Å². The first kappa shape index (κ1) is 24.4. The molecule has 0 bridgehead atoms. The lowest BCUT2D eigenvalue weighted by Crippen LogP contribution is -2.31. The number of benzene rings is 1. The predicted molar refractivity (Wildman–Crippen MR) is 114 cm³/mol. The Labute approximate surface area is 189 Å². The Morgan fingerprint density at radius 2 is 1.85 bits per heavy atom. The molecule has 0 fully saturated rings. The van der Waals surface area contributed by atoms with Gasteiger partial charge in [0.2, 0.25) is 0 Å². The highest BCUT2D eigenvalue weighted by Crippen LogP contribution is 2.33. The van der Waals surface area contributed by atoms with Crippen LogP contribution in [0.2, 0.25) is 0 Å². The molecule has 0 spiro atoms. The van der Waals surface area contributed by atoms with E-state index in [-0.39, 0.29) is 22.9 Å². The van der Waals surface area contributed by atoms with Crippen molar-refractivity contribution in [2.45, 2.75) is 31.5 Å². The van der Waals surface area contributed by atoms with Gasteiger partial charge in [-0.2, -0.15) is 23.4 Å². The van der Waals surface area contributed by atoms with Gasteiger partial charge in [0, 0.05) is 20.3 Å². The molecule has 0 saturated carbocycles. The fourth-order valence-corrected chi connectivity index (χ4v) is 4.92. The standard InChI is InChI=1S/C20H24F3N5O4S/c1-13-16(11-26(3)25-13)28(33(29,30)19-9-24-27(4)14(19)2)10-15-6-7-17(18(8-15)31-5)32-12-20(21,22)23/h6-9,11H,10,12H2,1-5H3. The van der Waals surface area contributed by atoms with Crippen molar-refractivity contribution in [3.8, 4) is 11.5 Å². The molecule has 13 heteroatoms. The van der Waals surface area contributed by atoms with Crippen molar-refractivity contribution in [3.05, 3.63) is 47.5 Å². The van der Waals surface area contributed by atoms with Crippen LogP contribution in [0.15, 0.2) is 35.5 Å². The van der Waals surface area contributed by atoms with E-state index in [4.69, 9.17) is 9.47 Å². The quantitative estimate of drug-likeness (QED) is 0.485. The number of alkyl halides is 3. The van der Waals surface area contributed by atoms with Gasteiger partial charge < -0.3 is 9.47 Å². The summed E-state index contributed by atoms with van der Waals surface area (Å²) < 4.78 is 78.9. The number of ether oxygens (including phenoxy) is 2. The number of aromatic nitrogens is 4. The molecule has 0 unspecified atom stereocenters. The van der Waals surface area contributed by atoms with Crippen molar-refractivity contribution in [1.29, 1.82) is 0 Å². The highest BCUT2D eigenvalue weighted by molar-refractivity contribution is 7.92. The van der Waals surface area contributed by atoms with Crippen LogP contribution < -0.4 is 13.8 Å². The summed E-state index contributed by atoms with van der Waals surface area (Å²) in [6.07, 6.45) is -1.65. The van der Waals surface area contributed by atoms with Crippen LogP contribution in [-0.2, 0) is 30.7 Å². The van der Waals surface area contributed by atoms with Crippen LogP contribution in [0.25, 0.3) is 0 Å². The monoisotopic (exact) mass is 487 g/mol. The molecule has 2 aromatic heterocycles. The second kappa shape index (κ2) is 8.96. The molecule has 180 valence electrons. The number of rotatable bonds is 8. The average molecular weight is 488 g/mol. The molecule has 0 atom stereocenters. The molecule has 3 aromatic rings. The van der Waals surface area contributed by atoms with E-state index in [1.165, 1.54) is 45.2 Å². The van der Waals surface area contributed by atoms with Gasteiger partial charge in [-0.15, -0.1) is 0 Å². The minimum atomic E-state index is -4.51. The van der Waals surface area contributed by atoms with Crippen LogP contribution in [0.3, 0.4) is 0 Å². The van der Waals surface area contributed by atoms with E-state index in [9.17, 15) is 21.6 Å². The topological polar surface area (TPSA) is 91.5 Å². The number of hydrogen-bond donors (Lipinski definition) is 0. The summed E-state index contributed by atoms with van der Waals surface area (Å²) in [5.41, 5.74) is 1.77. The highest BCUT2D eigenvalue weighted by atomic mass is 32.2. The van der Waals surface area contributed by atoms with Crippen molar-refractivity contribution in [1.82, 2.24) is 19.6 Å². The number of methoxy groups -OCH3 is 1. The van der Waals surface area contributed by atoms with Gasteiger partial charge >= 0.3 is 6.18 Å². The van der Waals surface area contributed by atoms with Crippen molar-refractivity contribution in [2.75, 3.05) is 18.0 Å². The molecular formula is C20H24F3N5O4S. The van der Waals surface area contributed by atoms with Crippen LogP contribution in [0.1, 0.15) is 17.0 Å². The number of aryl methyl sites for hydroxylation is 3. The van der Waals surface area contributed by atoms with Gasteiger partial charge in [-0.3, -0.25) is 13.7 Å². The smallest absolute Gasteiger partial charge is 0.422 e. The van der Waals surface area contributed by atoms with Gasteiger partial charge in [0.25, 0.3) is 10.0 Å². The third-order valence-electron chi connectivity index (χ3n) is 4.96. The lowest BCUT2D eigenvalue weighted by Gasteiger charge is -2.24. The van der Waals surface area contributed by atoms with Gasteiger partial charge in [-0.1, -0.05) is 6.07 Å². The Balaban J connectivity index is 2.03. The first-order chi connectivity index (χ1) is 15.3. The van der Waals surface area contributed by atoms with Crippen LogP contribution in [0, 0.1) is 13.8 Å². The number of halogens is 3. The number of hydrogen-bond acceptors (Lipinski definition) is 6. The summed E-state index contributed by atoms with van der Waals surface area (Å²) in [4.78, 5) is 0.0327. The minimum Gasteiger partial charge on any atom is -0.493 e. The van der Waals surface area contributed by atoms with E-state index in [0.29, 0.717) is 22.6 Å². The van der Waals surface area contributed by atoms with Gasteiger partial charge in [-0.25, -0.2) is 8.42 Å². The SMILES string of the molecule is COc1cc(CN(c2cn(C)nc2C)S(=O)(=O)c2cnn(C)c2C)ccc1OCC(F)(F)F. The molecule has 1 aromatic carbocycles. The Morgan fingerprint density at radius 3 is 2.36 bits per heavy atom. The molecule has 0 saturated heterocycles. The normalized spacial score (nSPS) is 12.1. The number of anilines is 1. The van der Waals surface area contributed by atoms with E-state index in [2.05, 4.69) is 10.2 Å². The molecule has 0 radical (unpaired) electrons.